The standard InChI is InChI=1S/C13H17F2NS/c1-13(6-3-7-17-13)12(16)8-9-10(14)4-2-5-11(9)15/h2,4-5,12H,3,6-8,16H2,1H3. The zero-order valence-electron chi connectivity index (χ0n) is 9.88. The lowest BCUT2D eigenvalue weighted by molar-refractivity contribution is 0.460. The van der Waals surface area contributed by atoms with Crippen LogP contribution in [-0.4, -0.2) is 16.5 Å². The summed E-state index contributed by atoms with van der Waals surface area (Å²) in [6, 6.07) is 3.75. The molecule has 4 heteroatoms. The molecule has 1 fully saturated rings. The van der Waals surface area contributed by atoms with Gasteiger partial charge in [0.25, 0.3) is 0 Å². The second-order valence-electron chi connectivity index (χ2n) is 4.78. The van der Waals surface area contributed by atoms with Gasteiger partial charge in [0.1, 0.15) is 11.6 Å². The number of nitrogens with two attached hydrogens (primary N) is 1. The summed E-state index contributed by atoms with van der Waals surface area (Å²) in [7, 11) is 0. The summed E-state index contributed by atoms with van der Waals surface area (Å²) in [5.41, 5.74) is 6.25. The Morgan fingerprint density at radius 3 is 2.59 bits per heavy atom. The predicted octanol–water partition coefficient (Wildman–Crippen LogP) is 3.12. The van der Waals surface area contributed by atoms with Gasteiger partial charge < -0.3 is 5.73 Å². The summed E-state index contributed by atoms with van der Waals surface area (Å²) in [4.78, 5) is 0. The molecule has 0 bridgehead atoms. The molecular weight excluding hydrogens is 240 g/mol. The maximum Gasteiger partial charge on any atom is 0.129 e. The fourth-order valence-electron chi connectivity index (χ4n) is 2.26. The van der Waals surface area contributed by atoms with Crippen molar-refractivity contribution in [2.24, 2.45) is 5.73 Å². The first-order valence-electron chi connectivity index (χ1n) is 5.85. The Bertz CT molecular complexity index is 382. The SMILES string of the molecule is CC1(C(N)Cc2c(F)cccc2F)CCCS1. The van der Waals surface area contributed by atoms with E-state index in [0.29, 0.717) is 0 Å². The molecule has 1 heterocycles. The van der Waals surface area contributed by atoms with Gasteiger partial charge in [-0.25, -0.2) is 8.78 Å². The van der Waals surface area contributed by atoms with Crippen LogP contribution in [0.2, 0.25) is 0 Å². The summed E-state index contributed by atoms with van der Waals surface area (Å²) in [5.74, 6) is 0.100. The van der Waals surface area contributed by atoms with Gasteiger partial charge in [-0.3, -0.25) is 0 Å². The largest absolute Gasteiger partial charge is 0.326 e. The van der Waals surface area contributed by atoms with E-state index in [4.69, 9.17) is 5.73 Å². The van der Waals surface area contributed by atoms with Crippen LogP contribution in [0.3, 0.4) is 0 Å². The van der Waals surface area contributed by atoms with E-state index in [2.05, 4.69) is 6.92 Å². The molecule has 1 aliphatic rings. The highest BCUT2D eigenvalue weighted by Crippen LogP contribution is 2.40. The Kier molecular flexibility index (Phi) is 3.73. The van der Waals surface area contributed by atoms with Gasteiger partial charge in [-0.05, 0) is 44.1 Å². The molecule has 2 unspecified atom stereocenters. The molecule has 1 nitrogen and oxygen atoms in total. The smallest absolute Gasteiger partial charge is 0.129 e. The molecule has 0 radical (unpaired) electrons. The number of halogens is 2. The molecule has 2 N–H and O–H groups in total. The van der Waals surface area contributed by atoms with Crippen LogP contribution in [0.1, 0.15) is 25.3 Å². The lowest BCUT2D eigenvalue weighted by atomic mass is 9.91. The average Bonchev–Trinajstić information content (AvgIpc) is 2.72. The summed E-state index contributed by atoms with van der Waals surface area (Å²) >= 11 is 1.81. The highest BCUT2D eigenvalue weighted by Gasteiger charge is 2.36. The van der Waals surface area contributed by atoms with E-state index in [0.717, 1.165) is 18.6 Å². The molecular formula is C13H17F2NS. The quantitative estimate of drug-likeness (QED) is 0.900. The summed E-state index contributed by atoms with van der Waals surface area (Å²) in [6.07, 6.45) is 2.42. The Morgan fingerprint density at radius 1 is 1.41 bits per heavy atom. The zero-order valence-corrected chi connectivity index (χ0v) is 10.7. The summed E-state index contributed by atoms with van der Waals surface area (Å²) < 4.78 is 27.0. The fraction of sp³-hybridized carbons (Fsp3) is 0.538. The second kappa shape index (κ2) is 4.94. The van der Waals surface area contributed by atoms with Crippen molar-refractivity contribution in [2.45, 2.75) is 37.0 Å². The van der Waals surface area contributed by atoms with Crippen molar-refractivity contribution in [3.05, 3.63) is 35.4 Å². The lowest BCUT2D eigenvalue weighted by Gasteiger charge is -2.30. The Hall–Kier alpha value is -0.610. The first-order valence-corrected chi connectivity index (χ1v) is 6.84. The Labute approximate surface area is 105 Å². The molecule has 2 atom stereocenters. The van der Waals surface area contributed by atoms with Gasteiger partial charge in [0.15, 0.2) is 0 Å². The molecule has 1 saturated heterocycles. The fourth-order valence-corrected chi connectivity index (χ4v) is 3.60. The Balaban J connectivity index is 2.15. The first kappa shape index (κ1) is 12.8. The Morgan fingerprint density at radius 2 is 2.06 bits per heavy atom. The lowest BCUT2D eigenvalue weighted by Crippen LogP contribution is -2.43. The monoisotopic (exact) mass is 257 g/mol. The maximum absolute atomic E-state index is 13.5. The van der Waals surface area contributed by atoms with Crippen molar-refractivity contribution in [3.63, 3.8) is 0 Å². The molecule has 2 rings (SSSR count). The number of benzene rings is 1. The van der Waals surface area contributed by atoms with Gasteiger partial charge in [0.2, 0.25) is 0 Å². The predicted molar refractivity (Wildman–Crippen MR) is 68.1 cm³/mol. The molecule has 17 heavy (non-hydrogen) atoms. The summed E-state index contributed by atoms with van der Waals surface area (Å²) in [5, 5.41) is 0. The highest BCUT2D eigenvalue weighted by atomic mass is 32.2. The van der Waals surface area contributed by atoms with E-state index in [1.807, 2.05) is 11.8 Å². The minimum atomic E-state index is -0.493. The van der Waals surface area contributed by atoms with E-state index in [9.17, 15) is 8.78 Å². The molecule has 94 valence electrons. The third-order valence-electron chi connectivity index (χ3n) is 3.52. The van der Waals surface area contributed by atoms with Crippen molar-refractivity contribution in [1.82, 2.24) is 0 Å². The number of rotatable bonds is 3. The second-order valence-corrected chi connectivity index (χ2v) is 6.41. The van der Waals surface area contributed by atoms with E-state index in [1.54, 1.807) is 0 Å². The minimum Gasteiger partial charge on any atom is -0.326 e. The molecule has 0 aromatic heterocycles. The van der Waals surface area contributed by atoms with Crippen LogP contribution < -0.4 is 5.73 Å². The average molecular weight is 257 g/mol. The minimum absolute atomic E-state index is 0.0469. The van der Waals surface area contributed by atoms with E-state index in [-0.39, 0.29) is 22.8 Å². The van der Waals surface area contributed by atoms with Crippen LogP contribution in [0.5, 0.6) is 0 Å². The van der Waals surface area contributed by atoms with Crippen molar-refractivity contribution in [1.29, 1.82) is 0 Å². The van der Waals surface area contributed by atoms with Gasteiger partial charge in [0, 0.05) is 16.4 Å². The van der Waals surface area contributed by atoms with Crippen LogP contribution in [0, 0.1) is 11.6 Å². The van der Waals surface area contributed by atoms with E-state index >= 15 is 0 Å². The maximum atomic E-state index is 13.5. The van der Waals surface area contributed by atoms with Gasteiger partial charge in [-0.2, -0.15) is 11.8 Å². The van der Waals surface area contributed by atoms with Gasteiger partial charge in [-0.15, -0.1) is 0 Å². The topological polar surface area (TPSA) is 26.0 Å². The van der Waals surface area contributed by atoms with Gasteiger partial charge in [0.05, 0.1) is 0 Å². The first-order chi connectivity index (χ1) is 8.03. The van der Waals surface area contributed by atoms with Crippen LogP contribution in [-0.2, 0) is 6.42 Å². The van der Waals surface area contributed by atoms with Crippen LogP contribution in [0.25, 0.3) is 0 Å². The normalized spacial score (nSPS) is 26.1. The molecule has 0 saturated carbocycles. The van der Waals surface area contributed by atoms with Crippen LogP contribution in [0.15, 0.2) is 18.2 Å². The third kappa shape index (κ3) is 2.63. The number of hydrogen-bond acceptors (Lipinski definition) is 2. The number of hydrogen-bond donors (Lipinski definition) is 1. The zero-order chi connectivity index (χ0) is 12.5. The third-order valence-corrected chi connectivity index (χ3v) is 5.18. The molecule has 1 aliphatic heterocycles. The van der Waals surface area contributed by atoms with Gasteiger partial charge >= 0.3 is 0 Å². The van der Waals surface area contributed by atoms with E-state index in [1.165, 1.54) is 18.2 Å². The van der Waals surface area contributed by atoms with Gasteiger partial charge in [-0.1, -0.05) is 6.07 Å². The van der Waals surface area contributed by atoms with Crippen molar-refractivity contribution < 1.29 is 8.78 Å². The molecule has 1 aromatic rings. The van der Waals surface area contributed by atoms with E-state index < -0.39 is 11.6 Å². The summed E-state index contributed by atoms with van der Waals surface area (Å²) in [6.45, 7) is 2.09. The molecule has 0 amide bonds. The van der Waals surface area contributed by atoms with Crippen LogP contribution in [0.4, 0.5) is 8.78 Å². The number of thioether (sulfide) groups is 1. The van der Waals surface area contributed by atoms with Crippen molar-refractivity contribution in [2.75, 3.05) is 5.75 Å². The molecule has 0 spiro atoms. The van der Waals surface area contributed by atoms with Crippen LogP contribution >= 0.6 is 11.8 Å². The molecule has 1 aromatic carbocycles. The molecule has 0 aliphatic carbocycles. The van der Waals surface area contributed by atoms with Crippen molar-refractivity contribution >= 4 is 11.8 Å². The highest BCUT2D eigenvalue weighted by molar-refractivity contribution is 8.00. The van der Waals surface area contributed by atoms with Crippen molar-refractivity contribution in [3.8, 4) is 0 Å².